The van der Waals surface area contributed by atoms with Gasteiger partial charge in [-0.15, -0.1) is 0 Å². The number of esters is 1. The molecule has 0 aromatic heterocycles. The minimum absolute atomic E-state index is 0.270. The van der Waals surface area contributed by atoms with E-state index in [1.807, 2.05) is 24.3 Å². The van der Waals surface area contributed by atoms with E-state index in [1.165, 1.54) is 7.11 Å². The van der Waals surface area contributed by atoms with Gasteiger partial charge in [0.2, 0.25) is 0 Å². The van der Waals surface area contributed by atoms with Gasteiger partial charge in [-0.05, 0) is 31.5 Å². The second-order valence-electron chi connectivity index (χ2n) is 5.33. The van der Waals surface area contributed by atoms with Crippen molar-refractivity contribution in [3.05, 3.63) is 29.8 Å². The van der Waals surface area contributed by atoms with Gasteiger partial charge in [0.1, 0.15) is 0 Å². The molecule has 0 spiro atoms. The molecule has 2 unspecified atom stereocenters. The highest BCUT2D eigenvalue weighted by molar-refractivity contribution is 5.95. The standard InChI is InChI=1S/C15H22N2O2/c1-11-8-16-12(2)10-17(9-11)14-7-5-4-6-13(14)15(18)19-3/h4-7,11-12,16H,8-10H2,1-3H3. The van der Waals surface area contributed by atoms with E-state index < -0.39 is 0 Å². The maximum Gasteiger partial charge on any atom is 0.339 e. The van der Waals surface area contributed by atoms with Crippen LogP contribution < -0.4 is 10.2 Å². The second kappa shape index (κ2) is 6.06. The lowest BCUT2D eigenvalue weighted by molar-refractivity contribution is 0.0601. The van der Waals surface area contributed by atoms with Crippen LogP contribution in [-0.4, -0.2) is 38.8 Å². The van der Waals surface area contributed by atoms with Gasteiger partial charge in [0.25, 0.3) is 0 Å². The molecule has 1 fully saturated rings. The van der Waals surface area contributed by atoms with Crippen LogP contribution in [-0.2, 0) is 4.74 Å². The zero-order chi connectivity index (χ0) is 13.8. The van der Waals surface area contributed by atoms with Crippen molar-refractivity contribution in [2.24, 2.45) is 5.92 Å². The van der Waals surface area contributed by atoms with Crippen molar-refractivity contribution in [2.45, 2.75) is 19.9 Å². The molecule has 4 nitrogen and oxygen atoms in total. The number of carbonyl (C=O) groups is 1. The monoisotopic (exact) mass is 262 g/mol. The summed E-state index contributed by atoms with van der Waals surface area (Å²) in [7, 11) is 1.42. The molecule has 104 valence electrons. The summed E-state index contributed by atoms with van der Waals surface area (Å²) < 4.78 is 4.87. The van der Waals surface area contributed by atoms with E-state index in [1.54, 1.807) is 0 Å². The fraction of sp³-hybridized carbons (Fsp3) is 0.533. The van der Waals surface area contributed by atoms with Crippen LogP contribution in [0.4, 0.5) is 5.69 Å². The lowest BCUT2D eigenvalue weighted by Gasteiger charge is -2.27. The van der Waals surface area contributed by atoms with Crippen molar-refractivity contribution in [1.82, 2.24) is 5.32 Å². The van der Waals surface area contributed by atoms with E-state index in [-0.39, 0.29) is 5.97 Å². The Hall–Kier alpha value is -1.55. The number of carbonyl (C=O) groups excluding carboxylic acids is 1. The number of nitrogens with one attached hydrogen (secondary N) is 1. The molecule has 0 aliphatic carbocycles. The van der Waals surface area contributed by atoms with Crippen LogP contribution >= 0.6 is 0 Å². The molecule has 1 aromatic carbocycles. The Morgan fingerprint density at radius 1 is 1.32 bits per heavy atom. The Kier molecular flexibility index (Phi) is 4.43. The lowest BCUT2D eigenvalue weighted by Crippen LogP contribution is -2.36. The fourth-order valence-corrected chi connectivity index (χ4v) is 2.54. The van der Waals surface area contributed by atoms with E-state index >= 15 is 0 Å². The molecule has 2 atom stereocenters. The molecule has 1 aromatic rings. The zero-order valence-electron chi connectivity index (χ0n) is 11.8. The van der Waals surface area contributed by atoms with Gasteiger partial charge in [-0.25, -0.2) is 4.79 Å². The van der Waals surface area contributed by atoms with Crippen molar-refractivity contribution >= 4 is 11.7 Å². The molecule has 0 radical (unpaired) electrons. The Balaban J connectivity index is 2.31. The van der Waals surface area contributed by atoms with Gasteiger partial charge in [0, 0.05) is 19.1 Å². The molecule has 1 aliphatic heterocycles. The Morgan fingerprint density at radius 2 is 2.05 bits per heavy atom. The smallest absolute Gasteiger partial charge is 0.339 e. The van der Waals surface area contributed by atoms with Crippen molar-refractivity contribution in [2.75, 3.05) is 31.6 Å². The van der Waals surface area contributed by atoms with Crippen LogP contribution in [0.15, 0.2) is 24.3 Å². The zero-order valence-corrected chi connectivity index (χ0v) is 11.8. The predicted octanol–water partition coefficient (Wildman–Crippen LogP) is 1.91. The van der Waals surface area contributed by atoms with Gasteiger partial charge in [-0.2, -0.15) is 0 Å². The van der Waals surface area contributed by atoms with Gasteiger partial charge >= 0.3 is 5.97 Å². The number of methoxy groups -OCH3 is 1. The van der Waals surface area contributed by atoms with E-state index in [4.69, 9.17) is 4.74 Å². The number of anilines is 1. The number of hydrogen-bond acceptors (Lipinski definition) is 4. The fourth-order valence-electron chi connectivity index (χ4n) is 2.54. The Bertz CT molecular complexity index is 436. The molecule has 19 heavy (non-hydrogen) atoms. The van der Waals surface area contributed by atoms with Gasteiger partial charge < -0.3 is 15.0 Å². The highest BCUT2D eigenvalue weighted by Gasteiger charge is 2.22. The maximum atomic E-state index is 11.9. The van der Waals surface area contributed by atoms with Crippen LogP contribution in [0.25, 0.3) is 0 Å². The summed E-state index contributed by atoms with van der Waals surface area (Å²) >= 11 is 0. The summed E-state index contributed by atoms with van der Waals surface area (Å²) in [6.07, 6.45) is 0. The van der Waals surface area contributed by atoms with Gasteiger partial charge in [-0.3, -0.25) is 0 Å². The average Bonchev–Trinajstić information content (AvgIpc) is 2.59. The molecule has 2 rings (SSSR count). The first-order valence-electron chi connectivity index (χ1n) is 6.77. The molecule has 1 heterocycles. The van der Waals surface area contributed by atoms with E-state index in [9.17, 15) is 4.79 Å². The third kappa shape index (κ3) is 3.26. The topological polar surface area (TPSA) is 41.6 Å². The van der Waals surface area contributed by atoms with Gasteiger partial charge in [0.15, 0.2) is 0 Å². The highest BCUT2D eigenvalue weighted by Crippen LogP contribution is 2.23. The van der Waals surface area contributed by atoms with Gasteiger partial charge in [0.05, 0.1) is 18.4 Å². The number of para-hydroxylation sites is 1. The summed E-state index contributed by atoms with van der Waals surface area (Å²) in [6, 6.07) is 8.08. The molecular formula is C15H22N2O2. The molecule has 1 N–H and O–H groups in total. The van der Waals surface area contributed by atoms with E-state index in [0.29, 0.717) is 17.5 Å². The number of ether oxygens (including phenoxy) is 1. The predicted molar refractivity (Wildman–Crippen MR) is 76.6 cm³/mol. The average molecular weight is 262 g/mol. The normalized spacial score (nSPS) is 23.8. The Labute approximate surface area is 114 Å². The first-order chi connectivity index (χ1) is 9.11. The summed E-state index contributed by atoms with van der Waals surface area (Å²) in [5, 5.41) is 3.50. The van der Waals surface area contributed by atoms with Crippen LogP contribution in [0.3, 0.4) is 0 Å². The quantitative estimate of drug-likeness (QED) is 0.827. The highest BCUT2D eigenvalue weighted by atomic mass is 16.5. The van der Waals surface area contributed by atoms with Crippen molar-refractivity contribution in [1.29, 1.82) is 0 Å². The third-order valence-corrected chi connectivity index (χ3v) is 3.49. The number of rotatable bonds is 2. The van der Waals surface area contributed by atoms with Crippen molar-refractivity contribution < 1.29 is 9.53 Å². The molecule has 1 aliphatic rings. The number of benzene rings is 1. The third-order valence-electron chi connectivity index (χ3n) is 3.49. The number of nitrogens with zero attached hydrogens (tertiary/aromatic N) is 1. The van der Waals surface area contributed by atoms with Gasteiger partial charge in [-0.1, -0.05) is 19.1 Å². The molecule has 0 amide bonds. The van der Waals surface area contributed by atoms with Crippen LogP contribution in [0.1, 0.15) is 24.2 Å². The summed E-state index contributed by atoms with van der Waals surface area (Å²) in [6.45, 7) is 7.26. The Morgan fingerprint density at radius 3 is 2.79 bits per heavy atom. The first-order valence-corrected chi connectivity index (χ1v) is 6.77. The van der Waals surface area contributed by atoms with Crippen LogP contribution in [0, 0.1) is 5.92 Å². The maximum absolute atomic E-state index is 11.9. The second-order valence-corrected chi connectivity index (χ2v) is 5.33. The number of hydrogen-bond donors (Lipinski definition) is 1. The van der Waals surface area contributed by atoms with E-state index in [0.717, 1.165) is 25.3 Å². The summed E-state index contributed by atoms with van der Waals surface area (Å²) in [5.41, 5.74) is 1.61. The molecular weight excluding hydrogens is 240 g/mol. The van der Waals surface area contributed by atoms with Crippen LogP contribution in [0.2, 0.25) is 0 Å². The summed E-state index contributed by atoms with van der Waals surface area (Å²) in [4.78, 5) is 14.1. The van der Waals surface area contributed by atoms with Crippen molar-refractivity contribution in [3.8, 4) is 0 Å². The molecule has 0 saturated carbocycles. The summed E-state index contributed by atoms with van der Waals surface area (Å²) in [5.74, 6) is 0.281. The minimum Gasteiger partial charge on any atom is -0.465 e. The molecule has 4 heteroatoms. The molecule has 1 saturated heterocycles. The SMILES string of the molecule is COC(=O)c1ccccc1N1CC(C)CNC(C)C1. The lowest BCUT2D eigenvalue weighted by atomic mass is 10.1. The largest absolute Gasteiger partial charge is 0.465 e. The first kappa shape index (κ1) is 13.9. The van der Waals surface area contributed by atoms with E-state index in [2.05, 4.69) is 24.1 Å². The minimum atomic E-state index is -0.270. The molecule has 0 bridgehead atoms. The van der Waals surface area contributed by atoms with Crippen LogP contribution in [0.5, 0.6) is 0 Å². The van der Waals surface area contributed by atoms with Crippen molar-refractivity contribution in [3.63, 3.8) is 0 Å².